The molecule has 0 atom stereocenters. The molecule has 1 aliphatic carbocycles. The van der Waals surface area contributed by atoms with Crippen LogP contribution in [0.2, 0.25) is 0 Å². The van der Waals surface area contributed by atoms with Crippen LogP contribution in [0.3, 0.4) is 0 Å². The first-order valence-corrected chi connectivity index (χ1v) is 5.87. The predicted molar refractivity (Wildman–Crippen MR) is 62.4 cm³/mol. The van der Waals surface area contributed by atoms with Gasteiger partial charge in [-0.2, -0.15) is 8.78 Å². The van der Waals surface area contributed by atoms with Crippen LogP contribution in [0.25, 0.3) is 0 Å². The third-order valence-electron chi connectivity index (χ3n) is 2.70. The Morgan fingerprint density at radius 2 is 2.05 bits per heavy atom. The van der Waals surface area contributed by atoms with E-state index in [1.165, 1.54) is 0 Å². The molecular formula is C12H12F4N2O2. The fourth-order valence-electron chi connectivity index (χ4n) is 1.51. The smallest absolute Gasteiger partial charge is 0.387 e. The number of rotatable bonds is 6. The number of amidine groups is 1. The standard InChI is InChI=1S/C12H12F4N2O2/c13-7-3-4-8(20-12(15)16)9(10(7)14)11(17)18-19-5-6-1-2-6/h3-4,6,12H,1-2,5H2,(H2,17,18). The molecule has 0 aliphatic heterocycles. The maximum absolute atomic E-state index is 13.6. The molecule has 2 rings (SSSR count). The molecule has 0 spiro atoms. The van der Waals surface area contributed by atoms with Crippen molar-refractivity contribution in [3.63, 3.8) is 0 Å². The Kier molecular flexibility index (Phi) is 4.31. The summed E-state index contributed by atoms with van der Waals surface area (Å²) >= 11 is 0. The first-order valence-electron chi connectivity index (χ1n) is 5.87. The van der Waals surface area contributed by atoms with Crippen LogP contribution in [-0.2, 0) is 4.84 Å². The second-order valence-electron chi connectivity index (χ2n) is 4.33. The minimum atomic E-state index is -3.20. The largest absolute Gasteiger partial charge is 0.434 e. The molecule has 2 N–H and O–H groups in total. The average molecular weight is 292 g/mol. The minimum Gasteiger partial charge on any atom is -0.434 e. The summed E-state index contributed by atoms with van der Waals surface area (Å²) < 4.78 is 55.3. The van der Waals surface area contributed by atoms with Gasteiger partial charge in [-0.1, -0.05) is 5.16 Å². The third kappa shape index (κ3) is 3.52. The van der Waals surface area contributed by atoms with Crippen molar-refractivity contribution in [1.29, 1.82) is 0 Å². The SMILES string of the molecule is NC(=NOCC1CC1)c1c(OC(F)F)ccc(F)c1F. The van der Waals surface area contributed by atoms with Crippen molar-refractivity contribution in [3.8, 4) is 5.75 Å². The molecule has 1 aromatic carbocycles. The zero-order valence-electron chi connectivity index (χ0n) is 10.3. The molecule has 110 valence electrons. The zero-order chi connectivity index (χ0) is 14.7. The van der Waals surface area contributed by atoms with E-state index in [9.17, 15) is 17.6 Å². The van der Waals surface area contributed by atoms with Gasteiger partial charge in [-0.05, 0) is 30.9 Å². The maximum atomic E-state index is 13.6. The number of oxime groups is 1. The van der Waals surface area contributed by atoms with E-state index in [-0.39, 0.29) is 0 Å². The number of ether oxygens (including phenoxy) is 1. The summed E-state index contributed by atoms with van der Waals surface area (Å²) in [5, 5.41) is 3.41. The van der Waals surface area contributed by atoms with E-state index in [0.717, 1.165) is 18.9 Å². The van der Waals surface area contributed by atoms with E-state index in [1.807, 2.05) is 0 Å². The molecule has 0 bridgehead atoms. The van der Waals surface area contributed by atoms with Crippen LogP contribution in [0.15, 0.2) is 17.3 Å². The molecule has 0 radical (unpaired) electrons. The van der Waals surface area contributed by atoms with Crippen molar-refractivity contribution in [1.82, 2.24) is 0 Å². The van der Waals surface area contributed by atoms with Gasteiger partial charge in [0.2, 0.25) is 0 Å². The molecular weight excluding hydrogens is 280 g/mol. The molecule has 8 heteroatoms. The highest BCUT2D eigenvalue weighted by Gasteiger charge is 2.23. The summed E-state index contributed by atoms with van der Waals surface area (Å²) in [6.45, 7) is -2.90. The van der Waals surface area contributed by atoms with E-state index in [0.29, 0.717) is 18.6 Å². The summed E-state index contributed by atoms with van der Waals surface area (Å²) in [6, 6.07) is 1.51. The van der Waals surface area contributed by atoms with Crippen LogP contribution < -0.4 is 10.5 Å². The van der Waals surface area contributed by atoms with Gasteiger partial charge in [-0.25, -0.2) is 8.78 Å². The lowest BCUT2D eigenvalue weighted by molar-refractivity contribution is -0.0502. The van der Waals surface area contributed by atoms with Gasteiger partial charge in [0.1, 0.15) is 17.9 Å². The minimum absolute atomic E-state index is 0.294. The quantitative estimate of drug-likeness (QED) is 0.379. The Balaban J connectivity index is 2.23. The number of hydrogen-bond acceptors (Lipinski definition) is 3. The highest BCUT2D eigenvalue weighted by atomic mass is 19.3. The summed E-state index contributed by atoms with van der Waals surface area (Å²) in [7, 11) is 0. The topological polar surface area (TPSA) is 56.8 Å². The lowest BCUT2D eigenvalue weighted by atomic mass is 10.1. The predicted octanol–water partition coefficient (Wildman–Crippen LogP) is 2.61. The van der Waals surface area contributed by atoms with Crippen molar-refractivity contribution < 1.29 is 27.1 Å². The molecule has 0 heterocycles. The number of alkyl halides is 2. The van der Waals surface area contributed by atoms with Crippen LogP contribution in [0, 0.1) is 17.6 Å². The van der Waals surface area contributed by atoms with Crippen LogP contribution in [-0.4, -0.2) is 19.1 Å². The molecule has 1 aromatic rings. The van der Waals surface area contributed by atoms with Crippen LogP contribution >= 0.6 is 0 Å². The molecule has 0 aromatic heterocycles. The second-order valence-corrected chi connectivity index (χ2v) is 4.33. The van der Waals surface area contributed by atoms with Crippen molar-refractivity contribution in [2.24, 2.45) is 16.8 Å². The Labute approximate surface area is 112 Å². The van der Waals surface area contributed by atoms with Gasteiger partial charge < -0.3 is 15.3 Å². The fraction of sp³-hybridized carbons (Fsp3) is 0.417. The highest BCUT2D eigenvalue weighted by molar-refractivity contribution is 5.99. The van der Waals surface area contributed by atoms with Gasteiger partial charge in [0.15, 0.2) is 17.5 Å². The van der Waals surface area contributed by atoms with Crippen LogP contribution in [0.4, 0.5) is 17.6 Å². The first-order chi connectivity index (χ1) is 9.49. The summed E-state index contributed by atoms with van der Waals surface area (Å²) in [6.07, 6.45) is 2.01. The number of benzene rings is 1. The Hall–Kier alpha value is -1.99. The number of nitrogens with zero attached hydrogens (tertiary/aromatic N) is 1. The van der Waals surface area contributed by atoms with E-state index >= 15 is 0 Å². The molecule has 1 saturated carbocycles. The molecule has 0 amide bonds. The van der Waals surface area contributed by atoms with Gasteiger partial charge in [0.25, 0.3) is 0 Å². The van der Waals surface area contributed by atoms with Gasteiger partial charge in [-0.15, -0.1) is 0 Å². The highest BCUT2D eigenvalue weighted by Crippen LogP contribution is 2.29. The van der Waals surface area contributed by atoms with Gasteiger partial charge in [-0.3, -0.25) is 0 Å². The van der Waals surface area contributed by atoms with E-state index in [1.54, 1.807) is 0 Å². The molecule has 0 saturated heterocycles. The Morgan fingerprint density at radius 3 is 2.65 bits per heavy atom. The van der Waals surface area contributed by atoms with E-state index < -0.39 is 35.4 Å². The van der Waals surface area contributed by atoms with Crippen LogP contribution in [0.5, 0.6) is 5.75 Å². The first kappa shape index (κ1) is 14.4. The van der Waals surface area contributed by atoms with Crippen molar-refractivity contribution in [2.75, 3.05) is 6.61 Å². The van der Waals surface area contributed by atoms with Gasteiger partial charge in [0.05, 0.1) is 0 Å². The normalized spacial score (nSPS) is 15.6. The Bertz CT molecular complexity index is 518. The Morgan fingerprint density at radius 1 is 1.35 bits per heavy atom. The van der Waals surface area contributed by atoms with Gasteiger partial charge in [0, 0.05) is 0 Å². The summed E-state index contributed by atoms with van der Waals surface area (Å²) in [4.78, 5) is 4.86. The van der Waals surface area contributed by atoms with Crippen molar-refractivity contribution >= 4 is 5.84 Å². The molecule has 4 nitrogen and oxygen atoms in total. The lowest BCUT2D eigenvalue weighted by Gasteiger charge is -2.11. The number of halogens is 4. The average Bonchev–Trinajstić information content (AvgIpc) is 3.17. The maximum Gasteiger partial charge on any atom is 0.387 e. The number of nitrogens with two attached hydrogens (primary N) is 1. The zero-order valence-corrected chi connectivity index (χ0v) is 10.3. The fourth-order valence-corrected chi connectivity index (χ4v) is 1.51. The van der Waals surface area contributed by atoms with E-state index in [2.05, 4.69) is 9.89 Å². The molecule has 1 aliphatic rings. The summed E-state index contributed by atoms with van der Waals surface area (Å²) in [5.74, 6) is -3.45. The van der Waals surface area contributed by atoms with Crippen LogP contribution in [0.1, 0.15) is 18.4 Å². The van der Waals surface area contributed by atoms with Crippen molar-refractivity contribution in [2.45, 2.75) is 19.5 Å². The molecule has 20 heavy (non-hydrogen) atoms. The third-order valence-corrected chi connectivity index (χ3v) is 2.70. The van der Waals surface area contributed by atoms with Crippen molar-refractivity contribution in [3.05, 3.63) is 29.3 Å². The molecule has 0 unspecified atom stereocenters. The van der Waals surface area contributed by atoms with E-state index in [4.69, 9.17) is 10.6 Å². The monoisotopic (exact) mass is 292 g/mol. The van der Waals surface area contributed by atoms with Gasteiger partial charge >= 0.3 is 6.61 Å². The second kappa shape index (κ2) is 5.98. The molecule has 1 fully saturated rings. The number of hydrogen-bond donors (Lipinski definition) is 1. The summed E-state index contributed by atoms with van der Waals surface area (Å²) in [5.41, 5.74) is 4.76. The lowest BCUT2D eigenvalue weighted by Crippen LogP contribution is -2.19.